The van der Waals surface area contributed by atoms with Gasteiger partial charge in [-0.05, 0) is 54.2 Å². The molecule has 1 fully saturated rings. The summed E-state index contributed by atoms with van der Waals surface area (Å²) in [5.41, 5.74) is 11.9. The SMILES string of the molecule is N=N/C(=N\N)c1ccc(Cl)cc1CNC(=O)c1cnn(Cc2cn3cc(C4CC4)ccc3n2)c1. The molecule has 0 radical (unpaired) electrons. The first kappa shape index (κ1) is 21.8. The zero-order valence-corrected chi connectivity index (χ0v) is 18.9. The van der Waals surface area contributed by atoms with Crippen molar-refractivity contribution in [2.45, 2.75) is 31.8 Å². The minimum absolute atomic E-state index is 0.0467. The van der Waals surface area contributed by atoms with Crippen molar-refractivity contribution in [3.63, 3.8) is 0 Å². The molecule has 0 bridgehead atoms. The third-order valence-corrected chi connectivity index (χ3v) is 6.00. The normalized spacial score (nSPS) is 13.9. The number of imidazole rings is 1. The Kier molecular flexibility index (Phi) is 5.81. The van der Waals surface area contributed by atoms with Gasteiger partial charge < -0.3 is 15.6 Å². The van der Waals surface area contributed by atoms with Crippen molar-refractivity contribution in [3.8, 4) is 0 Å². The number of aromatic nitrogens is 4. The molecule has 3 aromatic heterocycles. The molecule has 1 saturated carbocycles. The second-order valence-electron chi connectivity index (χ2n) is 8.21. The van der Waals surface area contributed by atoms with Crippen LogP contribution in [0, 0.1) is 5.53 Å². The van der Waals surface area contributed by atoms with Crippen molar-refractivity contribution >= 4 is 29.0 Å². The second-order valence-corrected chi connectivity index (χ2v) is 8.65. The molecule has 11 heteroatoms. The lowest BCUT2D eigenvalue weighted by Crippen LogP contribution is -2.23. The highest BCUT2D eigenvalue weighted by atomic mass is 35.5. The molecule has 34 heavy (non-hydrogen) atoms. The highest BCUT2D eigenvalue weighted by molar-refractivity contribution is 6.30. The number of nitrogens with zero attached hydrogens (tertiary/aromatic N) is 6. The van der Waals surface area contributed by atoms with E-state index in [-0.39, 0.29) is 18.3 Å². The molecule has 1 aromatic carbocycles. The van der Waals surface area contributed by atoms with Gasteiger partial charge in [0.05, 0.1) is 24.0 Å². The summed E-state index contributed by atoms with van der Waals surface area (Å²) in [4.78, 5) is 17.4. The fraction of sp³-hybridized carbons (Fsp3) is 0.217. The third kappa shape index (κ3) is 4.53. The van der Waals surface area contributed by atoms with Gasteiger partial charge in [-0.3, -0.25) is 9.48 Å². The Balaban J connectivity index is 1.26. The van der Waals surface area contributed by atoms with Crippen LogP contribution in [0.1, 0.15) is 51.5 Å². The number of fused-ring (bicyclic) bond motifs is 1. The molecule has 1 amide bonds. The number of benzene rings is 1. The average molecular weight is 476 g/mol. The van der Waals surface area contributed by atoms with Gasteiger partial charge in [0.1, 0.15) is 5.65 Å². The van der Waals surface area contributed by atoms with Gasteiger partial charge in [0.15, 0.2) is 5.84 Å². The van der Waals surface area contributed by atoms with Gasteiger partial charge in [-0.15, -0.1) is 5.11 Å². The van der Waals surface area contributed by atoms with E-state index in [1.54, 1.807) is 29.1 Å². The van der Waals surface area contributed by atoms with Crippen molar-refractivity contribution in [3.05, 3.63) is 88.1 Å². The quantitative estimate of drug-likeness (QED) is 0.123. The number of amides is 1. The summed E-state index contributed by atoms with van der Waals surface area (Å²) in [6.45, 7) is 0.609. The summed E-state index contributed by atoms with van der Waals surface area (Å²) in [7, 11) is 0. The van der Waals surface area contributed by atoms with Crippen LogP contribution in [0.3, 0.4) is 0 Å². The van der Waals surface area contributed by atoms with Gasteiger partial charge >= 0.3 is 0 Å². The molecule has 1 aliphatic rings. The van der Waals surface area contributed by atoms with Gasteiger partial charge in [-0.25, -0.2) is 10.5 Å². The molecule has 1 aliphatic carbocycles. The first-order valence-electron chi connectivity index (χ1n) is 10.8. The third-order valence-electron chi connectivity index (χ3n) is 5.77. The summed E-state index contributed by atoms with van der Waals surface area (Å²) in [6.07, 6.45) is 9.85. The number of hydrogen-bond donors (Lipinski definition) is 3. The number of nitrogens with one attached hydrogen (secondary N) is 2. The van der Waals surface area contributed by atoms with Crippen LogP contribution in [-0.2, 0) is 13.1 Å². The fourth-order valence-electron chi connectivity index (χ4n) is 3.89. The van der Waals surface area contributed by atoms with Gasteiger partial charge in [-0.2, -0.15) is 10.2 Å². The summed E-state index contributed by atoms with van der Waals surface area (Å²) in [5.74, 6) is 5.75. The molecule has 0 saturated heterocycles. The number of hydrogen-bond acceptors (Lipinski definition) is 6. The summed E-state index contributed by atoms with van der Waals surface area (Å²) in [6, 6.07) is 9.17. The van der Waals surface area contributed by atoms with Crippen LogP contribution in [0.15, 0.2) is 65.3 Å². The zero-order valence-electron chi connectivity index (χ0n) is 18.1. The Labute approximate surface area is 199 Å². The van der Waals surface area contributed by atoms with E-state index in [9.17, 15) is 4.79 Å². The molecule has 0 unspecified atom stereocenters. The molecule has 0 aliphatic heterocycles. The number of pyridine rings is 1. The maximum absolute atomic E-state index is 12.7. The van der Waals surface area contributed by atoms with E-state index in [2.05, 4.69) is 37.9 Å². The molecule has 0 atom stereocenters. The largest absolute Gasteiger partial charge is 0.348 e. The van der Waals surface area contributed by atoms with E-state index in [4.69, 9.17) is 23.0 Å². The van der Waals surface area contributed by atoms with Crippen LogP contribution >= 0.6 is 11.6 Å². The van der Waals surface area contributed by atoms with Gasteiger partial charge in [0.2, 0.25) is 0 Å². The zero-order chi connectivity index (χ0) is 23.7. The number of nitrogens with two attached hydrogens (primary N) is 1. The number of carbonyl (C=O) groups excluding carboxylic acids is 1. The highest BCUT2D eigenvalue weighted by Crippen LogP contribution is 2.39. The standard InChI is InChI=1S/C23H22ClN9O/c24-18-4-5-20(22(30-25)31-26)16(7-18)8-27-23(34)17-9-28-33(11-17)13-19-12-32-10-15(14-1-2-14)3-6-21(32)29-19/h3-7,9-12,14,25H,1-2,8,13,26H2,(H,27,34)/b30-25?,31-22-. The van der Waals surface area contributed by atoms with Gasteiger partial charge in [0.25, 0.3) is 5.91 Å². The summed E-state index contributed by atoms with van der Waals surface area (Å²) >= 11 is 6.09. The summed E-state index contributed by atoms with van der Waals surface area (Å²) < 4.78 is 3.73. The Morgan fingerprint density at radius 3 is 2.85 bits per heavy atom. The maximum Gasteiger partial charge on any atom is 0.254 e. The lowest BCUT2D eigenvalue weighted by molar-refractivity contribution is 0.0951. The topological polar surface area (TPSA) is 139 Å². The van der Waals surface area contributed by atoms with Crippen LogP contribution in [0.5, 0.6) is 0 Å². The van der Waals surface area contributed by atoms with Crippen molar-refractivity contribution in [2.75, 3.05) is 0 Å². The molecule has 5 rings (SSSR count). The first-order chi connectivity index (χ1) is 16.5. The molecule has 0 spiro atoms. The smallest absolute Gasteiger partial charge is 0.254 e. The van der Waals surface area contributed by atoms with Crippen LogP contribution < -0.4 is 11.2 Å². The lowest BCUT2D eigenvalue weighted by atomic mass is 10.1. The monoisotopic (exact) mass is 475 g/mol. The van der Waals surface area contributed by atoms with Crippen molar-refractivity contribution in [1.29, 1.82) is 5.53 Å². The van der Waals surface area contributed by atoms with Gasteiger partial charge in [0, 0.05) is 35.7 Å². The Bertz CT molecular complexity index is 1420. The summed E-state index contributed by atoms with van der Waals surface area (Å²) in [5, 5.41) is 14.5. The molecule has 4 aromatic rings. The van der Waals surface area contributed by atoms with E-state index < -0.39 is 0 Å². The molecule has 10 nitrogen and oxygen atoms in total. The van der Waals surface area contributed by atoms with E-state index in [1.807, 2.05) is 16.7 Å². The fourth-order valence-corrected chi connectivity index (χ4v) is 4.09. The van der Waals surface area contributed by atoms with Crippen LogP contribution in [0.25, 0.3) is 5.65 Å². The first-order valence-corrected chi connectivity index (χ1v) is 11.1. The lowest BCUT2D eigenvalue weighted by Gasteiger charge is -2.09. The van der Waals surface area contributed by atoms with Crippen molar-refractivity contribution < 1.29 is 4.79 Å². The van der Waals surface area contributed by atoms with Gasteiger partial charge in [-0.1, -0.05) is 17.7 Å². The van der Waals surface area contributed by atoms with Crippen LogP contribution in [0.4, 0.5) is 0 Å². The van der Waals surface area contributed by atoms with E-state index >= 15 is 0 Å². The minimum Gasteiger partial charge on any atom is -0.348 e. The van der Waals surface area contributed by atoms with Crippen molar-refractivity contribution in [2.24, 2.45) is 16.1 Å². The minimum atomic E-state index is -0.296. The molecular weight excluding hydrogens is 454 g/mol. The second kappa shape index (κ2) is 9.06. The number of hydrazone groups is 1. The van der Waals surface area contributed by atoms with E-state index in [0.717, 1.165) is 11.3 Å². The molecule has 4 N–H and O–H groups in total. The van der Waals surface area contributed by atoms with Crippen molar-refractivity contribution in [1.82, 2.24) is 24.5 Å². The number of rotatable bonds is 7. The van der Waals surface area contributed by atoms with Crippen LogP contribution in [0.2, 0.25) is 5.02 Å². The maximum atomic E-state index is 12.7. The number of halogens is 1. The number of amidine groups is 1. The predicted octanol–water partition coefficient (Wildman–Crippen LogP) is 3.69. The highest BCUT2D eigenvalue weighted by Gasteiger charge is 2.23. The molecular formula is C23H22ClN9O. The molecule has 172 valence electrons. The predicted molar refractivity (Wildman–Crippen MR) is 127 cm³/mol. The Morgan fingerprint density at radius 2 is 2.09 bits per heavy atom. The Morgan fingerprint density at radius 1 is 1.24 bits per heavy atom. The van der Waals surface area contributed by atoms with E-state index in [0.29, 0.717) is 34.2 Å². The van der Waals surface area contributed by atoms with E-state index in [1.165, 1.54) is 24.6 Å². The average Bonchev–Trinajstić information content (AvgIpc) is 3.45. The van der Waals surface area contributed by atoms with Crippen LogP contribution in [-0.4, -0.2) is 30.9 Å². The number of carbonyl (C=O) groups is 1. The Hall–Kier alpha value is -4.05. The molecule has 3 heterocycles.